The third kappa shape index (κ3) is 1.38. The Labute approximate surface area is 70.8 Å². The molecule has 3 unspecified atom stereocenters. The summed E-state index contributed by atoms with van der Waals surface area (Å²) < 4.78 is 0. The topological polar surface area (TPSA) is 0 Å². The van der Waals surface area contributed by atoms with Crippen LogP contribution in [0.5, 0.6) is 0 Å². The largest absolute Gasteiger partial charge is 0.106 e. The monoisotopic (exact) mass is 168 g/mol. The molecule has 0 N–H and O–H groups in total. The van der Waals surface area contributed by atoms with Crippen LogP contribution in [0.2, 0.25) is 0 Å². The Morgan fingerprint density at radius 2 is 2.36 bits per heavy atom. The molecular weight excluding hydrogens is 151 g/mol. The highest BCUT2D eigenvalue weighted by Gasteiger charge is 2.30. The Bertz CT molecular complexity index is 183. The van der Waals surface area contributed by atoms with Crippen molar-refractivity contribution in [3.8, 4) is 0 Å². The van der Waals surface area contributed by atoms with Gasteiger partial charge in [0.05, 0.1) is 0 Å². The zero-order chi connectivity index (χ0) is 7.84. The quantitative estimate of drug-likeness (QED) is 0.385. The Morgan fingerprint density at radius 3 is 3.18 bits per heavy atom. The lowest BCUT2D eigenvalue weighted by Gasteiger charge is -2.38. The molecule has 0 saturated carbocycles. The molecule has 0 aromatic carbocycles. The lowest BCUT2D eigenvalue weighted by Crippen LogP contribution is -2.24. The molecule has 2 rings (SSSR count). The van der Waals surface area contributed by atoms with E-state index in [-0.39, 0.29) is 0 Å². The number of hydrogen-bond acceptors (Lipinski definition) is 0. The van der Waals surface area contributed by atoms with Crippen LogP contribution < -0.4 is 0 Å². The summed E-state index contributed by atoms with van der Waals surface area (Å²) in [5.41, 5.74) is 2.77. The van der Waals surface area contributed by atoms with Crippen molar-refractivity contribution in [2.45, 2.75) is 31.8 Å². The molecule has 2 aliphatic rings. The summed E-state index contributed by atoms with van der Waals surface area (Å²) in [6.45, 7) is 4.81. The molecule has 0 amide bonds. The van der Waals surface area contributed by atoms with Crippen LogP contribution in [-0.4, -0.2) is 18.5 Å². The predicted molar refractivity (Wildman–Crippen MR) is 52.6 cm³/mol. The van der Waals surface area contributed by atoms with Crippen LogP contribution >= 0.6 is 7.92 Å². The lowest BCUT2D eigenvalue weighted by molar-refractivity contribution is 0.485. The van der Waals surface area contributed by atoms with Crippen molar-refractivity contribution < 1.29 is 0 Å². The molecule has 0 radical (unpaired) electrons. The van der Waals surface area contributed by atoms with Crippen LogP contribution in [0.1, 0.15) is 26.2 Å². The van der Waals surface area contributed by atoms with Gasteiger partial charge in [-0.2, -0.15) is 0 Å². The van der Waals surface area contributed by atoms with Crippen molar-refractivity contribution >= 4 is 7.92 Å². The van der Waals surface area contributed by atoms with Crippen LogP contribution in [0.25, 0.3) is 0 Å². The van der Waals surface area contributed by atoms with Gasteiger partial charge in [-0.25, -0.2) is 0 Å². The van der Waals surface area contributed by atoms with E-state index in [0.717, 1.165) is 11.6 Å². The highest BCUT2D eigenvalue weighted by molar-refractivity contribution is 7.57. The summed E-state index contributed by atoms with van der Waals surface area (Å²) in [5.74, 6) is 0.979. The summed E-state index contributed by atoms with van der Waals surface area (Å²) in [6.07, 6.45) is 8.43. The van der Waals surface area contributed by atoms with Gasteiger partial charge in [-0.1, -0.05) is 11.6 Å². The smallest absolute Gasteiger partial charge is 0.0171 e. The van der Waals surface area contributed by atoms with Crippen molar-refractivity contribution in [1.29, 1.82) is 0 Å². The molecule has 2 bridgehead atoms. The van der Waals surface area contributed by atoms with E-state index in [0.29, 0.717) is 7.92 Å². The first-order valence-electron chi connectivity index (χ1n) is 4.64. The van der Waals surface area contributed by atoms with Gasteiger partial charge < -0.3 is 0 Å². The van der Waals surface area contributed by atoms with Gasteiger partial charge in [0.1, 0.15) is 0 Å². The van der Waals surface area contributed by atoms with Crippen molar-refractivity contribution in [3.05, 3.63) is 11.6 Å². The normalized spacial score (nSPS) is 43.5. The van der Waals surface area contributed by atoms with E-state index in [2.05, 4.69) is 19.7 Å². The molecule has 62 valence electrons. The van der Waals surface area contributed by atoms with Crippen LogP contribution in [0.4, 0.5) is 0 Å². The molecule has 1 aliphatic heterocycles. The molecule has 1 heteroatoms. The SMILES string of the molecule is CC1=CCC2CC1CCP2C. The lowest BCUT2D eigenvalue weighted by atomic mass is 9.86. The molecule has 0 aromatic rings. The zero-order valence-corrected chi connectivity index (χ0v) is 8.40. The fourth-order valence-corrected chi connectivity index (χ4v) is 4.51. The number of hydrogen-bond donors (Lipinski definition) is 0. The summed E-state index contributed by atoms with van der Waals surface area (Å²) in [7, 11) is 0.406. The van der Waals surface area contributed by atoms with Gasteiger partial charge in [0.25, 0.3) is 0 Å². The van der Waals surface area contributed by atoms with Crippen LogP contribution in [-0.2, 0) is 0 Å². The highest BCUT2D eigenvalue weighted by Crippen LogP contribution is 2.51. The minimum atomic E-state index is 0.406. The van der Waals surface area contributed by atoms with E-state index in [4.69, 9.17) is 0 Å². The Kier molecular flexibility index (Phi) is 2.06. The van der Waals surface area contributed by atoms with E-state index in [1.165, 1.54) is 25.4 Å². The van der Waals surface area contributed by atoms with Crippen molar-refractivity contribution in [3.63, 3.8) is 0 Å². The van der Waals surface area contributed by atoms with Gasteiger partial charge in [0.15, 0.2) is 0 Å². The van der Waals surface area contributed by atoms with Gasteiger partial charge >= 0.3 is 0 Å². The first-order chi connectivity index (χ1) is 5.27. The average Bonchev–Trinajstić information content (AvgIpc) is 2.02. The second kappa shape index (κ2) is 2.90. The zero-order valence-electron chi connectivity index (χ0n) is 7.51. The third-order valence-corrected chi connectivity index (χ3v) is 6.00. The summed E-state index contributed by atoms with van der Waals surface area (Å²) >= 11 is 0. The maximum atomic E-state index is 2.50. The maximum absolute atomic E-state index is 2.50. The second-order valence-electron chi connectivity index (χ2n) is 4.04. The Balaban J connectivity index is 2.15. The molecule has 1 heterocycles. The Morgan fingerprint density at radius 1 is 1.55 bits per heavy atom. The van der Waals surface area contributed by atoms with Crippen LogP contribution in [0.3, 0.4) is 0 Å². The molecule has 3 atom stereocenters. The van der Waals surface area contributed by atoms with Gasteiger partial charge in [-0.05, 0) is 50.6 Å². The van der Waals surface area contributed by atoms with Gasteiger partial charge in [-0.15, -0.1) is 7.92 Å². The van der Waals surface area contributed by atoms with Crippen LogP contribution in [0.15, 0.2) is 11.6 Å². The number of rotatable bonds is 0. The van der Waals surface area contributed by atoms with Crippen LogP contribution in [0, 0.1) is 5.92 Å². The molecular formula is C10H17P. The van der Waals surface area contributed by atoms with E-state index in [9.17, 15) is 0 Å². The van der Waals surface area contributed by atoms with Crippen molar-refractivity contribution in [2.24, 2.45) is 5.92 Å². The minimum absolute atomic E-state index is 0.406. The molecule has 1 fully saturated rings. The van der Waals surface area contributed by atoms with Gasteiger partial charge in [-0.3, -0.25) is 0 Å². The maximum Gasteiger partial charge on any atom is -0.0171 e. The number of allylic oxidation sites excluding steroid dienone is 2. The molecule has 0 spiro atoms. The molecule has 11 heavy (non-hydrogen) atoms. The second-order valence-corrected chi connectivity index (χ2v) is 6.73. The van der Waals surface area contributed by atoms with E-state index < -0.39 is 0 Å². The fraction of sp³-hybridized carbons (Fsp3) is 0.800. The van der Waals surface area contributed by atoms with E-state index in [1.807, 2.05) is 0 Å². The molecule has 0 aromatic heterocycles. The molecule has 0 nitrogen and oxygen atoms in total. The predicted octanol–water partition coefficient (Wildman–Crippen LogP) is 3.23. The highest BCUT2D eigenvalue weighted by atomic mass is 31.1. The average molecular weight is 168 g/mol. The van der Waals surface area contributed by atoms with Crippen molar-refractivity contribution in [1.82, 2.24) is 0 Å². The molecule has 1 saturated heterocycles. The summed E-state index contributed by atoms with van der Waals surface area (Å²) in [4.78, 5) is 0. The summed E-state index contributed by atoms with van der Waals surface area (Å²) in [5, 5.41) is 0. The fourth-order valence-electron chi connectivity index (χ4n) is 2.35. The van der Waals surface area contributed by atoms with Gasteiger partial charge in [0, 0.05) is 0 Å². The third-order valence-electron chi connectivity index (χ3n) is 3.37. The summed E-state index contributed by atoms with van der Waals surface area (Å²) in [6, 6.07) is 0. The first-order valence-corrected chi connectivity index (χ1v) is 6.68. The van der Waals surface area contributed by atoms with E-state index in [1.54, 1.807) is 5.57 Å². The number of fused-ring (bicyclic) bond motifs is 2. The van der Waals surface area contributed by atoms with Gasteiger partial charge in [0.2, 0.25) is 0 Å². The van der Waals surface area contributed by atoms with Crippen molar-refractivity contribution in [2.75, 3.05) is 12.8 Å². The molecule has 1 aliphatic carbocycles. The standard InChI is InChI=1S/C10H17P/c1-8-3-4-10-7-9(8)5-6-11(10)2/h3,9-10H,4-7H2,1-2H3. The van der Waals surface area contributed by atoms with E-state index >= 15 is 0 Å². The minimum Gasteiger partial charge on any atom is -0.106 e. The first kappa shape index (κ1) is 7.80. The Hall–Kier alpha value is 0.170.